The van der Waals surface area contributed by atoms with Crippen molar-refractivity contribution in [1.29, 1.82) is 0 Å². The summed E-state index contributed by atoms with van der Waals surface area (Å²) >= 11 is 6.20. The molecule has 2 unspecified atom stereocenters. The van der Waals surface area contributed by atoms with Crippen LogP contribution < -0.4 is 10.6 Å². The van der Waals surface area contributed by atoms with Gasteiger partial charge in [-0.3, -0.25) is 19.4 Å². The lowest BCUT2D eigenvalue weighted by molar-refractivity contribution is -0.128. The third-order valence-electron chi connectivity index (χ3n) is 5.37. The molecule has 1 aromatic carbocycles. The van der Waals surface area contributed by atoms with E-state index in [0.717, 1.165) is 44.6 Å². The number of benzene rings is 1. The van der Waals surface area contributed by atoms with Gasteiger partial charge in [0.1, 0.15) is 0 Å². The van der Waals surface area contributed by atoms with Crippen molar-refractivity contribution >= 4 is 23.4 Å². The summed E-state index contributed by atoms with van der Waals surface area (Å²) in [6.07, 6.45) is 2.21. The molecule has 1 saturated heterocycles. The number of piperazine rings is 1. The van der Waals surface area contributed by atoms with Crippen molar-refractivity contribution in [1.82, 2.24) is 20.4 Å². The van der Waals surface area contributed by atoms with E-state index in [2.05, 4.69) is 20.4 Å². The Morgan fingerprint density at radius 1 is 1.15 bits per heavy atom. The maximum absolute atomic E-state index is 12.4. The molecule has 0 spiro atoms. The van der Waals surface area contributed by atoms with Gasteiger partial charge in [-0.05, 0) is 38.3 Å². The van der Waals surface area contributed by atoms with Crippen molar-refractivity contribution in [3.63, 3.8) is 0 Å². The quantitative estimate of drug-likeness (QED) is 0.742. The van der Waals surface area contributed by atoms with Crippen LogP contribution in [0.4, 0.5) is 0 Å². The zero-order valence-electron chi connectivity index (χ0n) is 16.1. The number of carbonyl (C=O) groups is 2. The summed E-state index contributed by atoms with van der Waals surface area (Å²) in [6.45, 7) is 7.44. The maximum atomic E-state index is 12.4. The molecule has 1 aliphatic heterocycles. The van der Waals surface area contributed by atoms with Gasteiger partial charge in [0.15, 0.2) is 0 Å². The lowest BCUT2D eigenvalue weighted by Crippen LogP contribution is -2.55. The molecule has 1 aliphatic carbocycles. The molecule has 7 heteroatoms. The fourth-order valence-electron chi connectivity index (χ4n) is 3.42. The second-order valence-corrected chi connectivity index (χ2v) is 7.99. The molecule has 2 aliphatic rings. The number of hydrogen-bond acceptors (Lipinski definition) is 4. The Labute approximate surface area is 166 Å². The van der Waals surface area contributed by atoms with Gasteiger partial charge in [0.2, 0.25) is 11.8 Å². The molecule has 3 rings (SSSR count). The SMILES string of the molecule is CC(NC(=O)CN1CCN(C(C)C(=O)NC2CC2)CC1)c1ccccc1Cl. The molecule has 0 radical (unpaired) electrons. The number of hydrogen-bond donors (Lipinski definition) is 2. The number of nitrogens with zero attached hydrogens (tertiary/aromatic N) is 2. The summed E-state index contributed by atoms with van der Waals surface area (Å²) in [6, 6.07) is 7.72. The van der Waals surface area contributed by atoms with E-state index in [1.165, 1.54) is 0 Å². The first-order valence-electron chi connectivity index (χ1n) is 9.74. The van der Waals surface area contributed by atoms with E-state index < -0.39 is 0 Å². The van der Waals surface area contributed by atoms with Gasteiger partial charge in [-0.15, -0.1) is 0 Å². The van der Waals surface area contributed by atoms with Crippen LogP contribution in [0.5, 0.6) is 0 Å². The molecule has 27 heavy (non-hydrogen) atoms. The highest BCUT2D eigenvalue weighted by atomic mass is 35.5. The largest absolute Gasteiger partial charge is 0.352 e. The van der Waals surface area contributed by atoms with Crippen LogP contribution in [0.1, 0.15) is 38.3 Å². The summed E-state index contributed by atoms with van der Waals surface area (Å²) in [7, 11) is 0. The molecule has 1 aromatic rings. The van der Waals surface area contributed by atoms with Crippen LogP contribution in [0.15, 0.2) is 24.3 Å². The van der Waals surface area contributed by atoms with Gasteiger partial charge >= 0.3 is 0 Å². The molecule has 0 bridgehead atoms. The standard InChI is InChI=1S/C20H29ClN4O2/c1-14(17-5-3-4-6-18(17)21)22-19(26)13-24-9-11-25(12-10-24)15(2)20(27)23-16-7-8-16/h3-6,14-16H,7-13H2,1-2H3,(H,22,26)(H,23,27). The number of rotatable bonds is 7. The second kappa shape index (κ2) is 9.04. The molecule has 1 heterocycles. The molecule has 1 saturated carbocycles. The summed E-state index contributed by atoms with van der Waals surface area (Å²) in [5, 5.41) is 6.75. The van der Waals surface area contributed by atoms with Crippen molar-refractivity contribution in [3.05, 3.63) is 34.9 Å². The average molecular weight is 393 g/mol. The lowest BCUT2D eigenvalue weighted by Gasteiger charge is -2.37. The minimum atomic E-state index is -0.126. The Kier molecular flexibility index (Phi) is 6.73. The van der Waals surface area contributed by atoms with Crippen LogP contribution in [0.25, 0.3) is 0 Å². The average Bonchev–Trinajstić information content (AvgIpc) is 3.46. The minimum Gasteiger partial charge on any atom is -0.352 e. The molecule has 2 fully saturated rings. The predicted molar refractivity (Wildman–Crippen MR) is 107 cm³/mol. The first-order chi connectivity index (χ1) is 12.9. The molecule has 2 amide bonds. The van der Waals surface area contributed by atoms with Gasteiger partial charge in [0.25, 0.3) is 0 Å². The normalized spacial score (nSPS) is 20.7. The number of nitrogens with one attached hydrogen (secondary N) is 2. The van der Waals surface area contributed by atoms with E-state index in [0.29, 0.717) is 17.6 Å². The number of halogens is 1. The fourth-order valence-corrected chi connectivity index (χ4v) is 3.72. The van der Waals surface area contributed by atoms with E-state index in [-0.39, 0.29) is 23.9 Å². The monoisotopic (exact) mass is 392 g/mol. The van der Waals surface area contributed by atoms with E-state index in [1.54, 1.807) is 0 Å². The van der Waals surface area contributed by atoms with Gasteiger partial charge in [-0.25, -0.2) is 0 Å². The van der Waals surface area contributed by atoms with E-state index in [9.17, 15) is 9.59 Å². The van der Waals surface area contributed by atoms with Gasteiger partial charge in [0, 0.05) is 37.2 Å². The predicted octanol–water partition coefficient (Wildman–Crippen LogP) is 1.80. The van der Waals surface area contributed by atoms with Crippen molar-refractivity contribution in [2.45, 2.75) is 44.8 Å². The third-order valence-corrected chi connectivity index (χ3v) is 5.72. The first-order valence-corrected chi connectivity index (χ1v) is 10.1. The molecule has 2 atom stereocenters. The Balaban J connectivity index is 1.41. The van der Waals surface area contributed by atoms with E-state index >= 15 is 0 Å². The van der Waals surface area contributed by atoms with Crippen LogP contribution in [0.3, 0.4) is 0 Å². The second-order valence-electron chi connectivity index (χ2n) is 7.58. The summed E-state index contributed by atoms with van der Waals surface area (Å²) in [5.74, 6) is 0.118. The Bertz CT molecular complexity index is 672. The zero-order valence-corrected chi connectivity index (χ0v) is 16.8. The van der Waals surface area contributed by atoms with Crippen molar-refractivity contribution in [2.75, 3.05) is 32.7 Å². The van der Waals surface area contributed by atoms with Gasteiger partial charge in [-0.1, -0.05) is 29.8 Å². The third kappa shape index (κ3) is 5.67. The van der Waals surface area contributed by atoms with Gasteiger partial charge < -0.3 is 10.6 Å². The lowest BCUT2D eigenvalue weighted by atomic mass is 10.1. The Morgan fingerprint density at radius 2 is 1.81 bits per heavy atom. The summed E-state index contributed by atoms with van der Waals surface area (Å²) in [4.78, 5) is 28.9. The topological polar surface area (TPSA) is 64.7 Å². The van der Waals surface area contributed by atoms with E-state index in [1.807, 2.05) is 38.1 Å². The summed E-state index contributed by atoms with van der Waals surface area (Å²) < 4.78 is 0. The molecule has 2 N–H and O–H groups in total. The highest BCUT2D eigenvalue weighted by Crippen LogP contribution is 2.22. The van der Waals surface area contributed by atoms with Crippen LogP contribution in [0, 0.1) is 0 Å². The van der Waals surface area contributed by atoms with Gasteiger partial charge in [-0.2, -0.15) is 0 Å². The molecule has 148 valence electrons. The fraction of sp³-hybridized carbons (Fsp3) is 0.600. The van der Waals surface area contributed by atoms with Crippen molar-refractivity contribution < 1.29 is 9.59 Å². The minimum absolute atomic E-state index is 0.00426. The summed E-state index contributed by atoms with van der Waals surface area (Å²) in [5.41, 5.74) is 0.924. The van der Waals surface area contributed by atoms with Gasteiger partial charge in [0.05, 0.1) is 18.6 Å². The molecular weight excluding hydrogens is 364 g/mol. The van der Waals surface area contributed by atoms with Crippen LogP contribution in [-0.2, 0) is 9.59 Å². The van der Waals surface area contributed by atoms with Crippen LogP contribution >= 0.6 is 11.6 Å². The highest BCUT2D eigenvalue weighted by Gasteiger charge is 2.30. The number of amides is 2. The zero-order chi connectivity index (χ0) is 19.4. The Morgan fingerprint density at radius 3 is 2.44 bits per heavy atom. The highest BCUT2D eigenvalue weighted by molar-refractivity contribution is 6.31. The maximum Gasteiger partial charge on any atom is 0.237 e. The van der Waals surface area contributed by atoms with Crippen LogP contribution in [0.2, 0.25) is 5.02 Å². The smallest absolute Gasteiger partial charge is 0.237 e. The number of carbonyl (C=O) groups excluding carboxylic acids is 2. The molecule has 6 nitrogen and oxygen atoms in total. The van der Waals surface area contributed by atoms with Crippen LogP contribution in [-0.4, -0.2) is 66.4 Å². The first kappa shape index (κ1) is 20.1. The van der Waals surface area contributed by atoms with Crippen molar-refractivity contribution in [2.24, 2.45) is 0 Å². The Hall–Kier alpha value is -1.63. The van der Waals surface area contributed by atoms with E-state index in [4.69, 9.17) is 11.6 Å². The van der Waals surface area contributed by atoms with Crippen molar-refractivity contribution in [3.8, 4) is 0 Å². The molecule has 0 aromatic heterocycles. The molecular formula is C20H29ClN4O2.